The Balaban J connectivity index is 4.31. The van der Waals surface area contributed by atoms with E-state index in [4.69, 9.17) is 14.2 Å². The van der Waals surface area contributed by atoms with Crippen LogP contribution < -0.4 is 0 Å². The molecule has 0 aromatic carbocycles. The lowest BCUT2D eigenvalue weighted by atomic mass is 10.0. The lowest BCUT2D eigenvalue weighted by molar-refractivity contribution is -0.167. The first-order chi connectivity index (χ1) is 34.0. The van der Waals surface area contributed by atoms with E-state index in [1.54, 1.807) is 0 Å². The molecule has 0 saturated carbocycles. The van der Waals surface area contributed by atoms with Crippen molar-refractivity contribution in [3.8, 4) is 0 Å². The third kappa shape index (κ3) is 56.7. The number of carbonyl (C=O) groups is 3. The fourth-order valence-corrected chi connectivity index (χ4v) is 9.30. The van der Waals surface area contributed by atoms with Crippen LogP contribution in [0.25, 0.3) is 0 Å². The van der Waals surface area contributed by atoms with Crippen molar-refractivity contribution in [2.45, 2.75) is 348 Å². The molecule has 0 rings (SSSR count). The summed E-state index contributed by atoms with van der Waals surface area (Å²) in [6.07, 6.45) is 68.8. The lowest BCUT2D eigenvalue weighted by Crippen LogP contribution is -2.30. The van der Waals surface area contributed by atoms with Crippen LogP contribution in [0.4, 0.5) is 0 Å². The van der Waals surface area contributed by atoms with Gasteiger partial charge in [0.15, 0.2) is 6.10 Å². The van der Waals surface area contributed by atoms with E-state index in [9.17, 15) is 14.4 Å². The smallest absolute Gasteiger partial charge is 0.306 e. The first-order valence-electron chi connectivity index (χ1n) is 30.8. The van der Waals surface area contributed by atoms with Crippen molar-refractivity contribution in [1.82, 2.24) is 0 Å². The minimum absolute atomic E-state index is 0.0663. The van der Waals surface area contributed by atoms with E-state index in [1.165, 1.54) is 238 Å². The van der Waals surface area contributed by atoms with Gasteiger partial charge in [-0.05, 0) is 51.4 Å². The van der Waals surface area contributed by atoms with Crippen molar-refractivity contribution < 1.29 is 28.6 Å². The molecule has 0 aliphatic carbocycles. The standard InChI is InChI=1S/C63H118O6/c1-4-7-10-13-16-19-22-25-28-30-31-33-35-38-41-44-47-50-53-56-62(65)68-59-60(58-67-61(64)55-52-49-46-43-40-37-34-27-24-21-18-15-12-9-6-3)69-63(66)57-54-51-48-45-42-39-36-32-29-26-23-20-17-14-11-8-5-2/h16,19,25,28,60H,4-15,17-18,20-24,26-27,29-59H2,1-3H3/b19-16-,28-25-. The molecule has 0 aliphatic rings. The van der Waals surface area contributed by atoms with Gasteiger partial charge in [-0.25, -0.2) is 0 Å². The zero-order chi connectivity index (χ0) is 50.0. The van der Waals surface area contributed by atoms with Crippen LogP contribution >= 0.6 is 0 Å². The van der Waals surface area contributed by atoms with Gasteiger partial charge in [0.05, 0.1) is 0 Å². The third-order valence-corrected chi connectivity index (χ3v) is 14.0. The van der Waals surface area contributed by atoms with Crippen LogP contribution in [0, 0.1) is 0 Å². The number of unbranched alkanes of at least 4 members (excludes halogenated alkanes) is 42. The molecular weight excluding hydrogens is 853 g/mol. The van der Waals surface area contributed by atoms with Gasteiger partial charge in [-0.2, -0.15) is 0 Å². The lowest BCUT2D eigenvalue weighted by Gasteiger charge is -2.18. The van der Waals surface area contributed by atoms with Crippen molar-refractivity contribution >= 4 is 17.9 Å². The van der Waals surface area contributed by atoms with Gasteiger partial charge in [0.1, 0.15) is 13.2 Å². The number of hydrogen-bond donors (Lipinski definition) is 0. The van der Waals surface area contributed by atoms with Gasteiger partial charge in [0, 0.05) is 19.3 Å². The van der Waals surface area contributed by atoms with Crippen LogP contribution in [0.3, 0.4) is 0 Å². The highest BCUT2D eigenvalue weighted by Gasteiger charge is 2.19. The molecule has 0 saturated heterocycles. The fraction of sp³-hybridized carbons (Fsp3) is 0.889. The second kappa shape index (κ2) is 58.5. The molecule has 0 radical (unpaired) electrons. The van der Waals surface area contributed by atoms with Gasteiger partial charge in [-0.1, -0.05) is 295 Å². The van der Waals surface area contributed by atoms with Crippen molar-refractivity contribution in [2.75, 3.05) is 13.2 Å². The van der Waals surface area contributed by atoms with E-state index < -0.39 is 6.10 Å². The molecule has 0 bridgehead atoms. The highest BCUT2D eigenvalue weighted by Crippen LogP contribution is 2.17. The molecule has 406 valence electrons. The molecule has 0 fully saturated rings. The molecule has 0 aromatic heterocycles. The third-order valence-electron chi connectivity index (χ3n) is 14.0. The predicted molar refractivity (Wildman–Crippen MR) is 298 cm³/mol. The Labute approximate surface area is 430 Å². The van der Waals surface area contributed by atoms with Gasteiger partial charge < -0.3 is 14.2 Å². The van der Waals surface area contributed by atoms with Gasteiger partial charge in [0.2, 0.25) is 0 Å². The number of allylic oxidation sites excluding steroid dienone is 4. The van der Waals surface area contributed by atoms with Crippen LogP contribution in [-0.2, 0) is 28.6 Å². The summed E-state index contributed by atoms with van der Waals surface area (Å²) >= 11 is 0. The molecule has 1 atom stereocenters. The largest absolute Gasteiger partial charge is 0.462 e. The predicted octanol–water partition coefficient (Wildman–Crippen LogP) is 20.7. The summed E-state index contributed by atoms with van der Waals surface area (Å²) in [4.78, 5) is 38.2. The van der Waals surface area contributed by atoms with Crippen LogP contribution in [0.15, 0.2) is 24.3 Å². The second-order valence-electron chi connectivity index (χ2n) is 21.0. The molecule has 0 heterocycles. The van der Waals surface area contributed by atoms with Crippen LogP contribution in [0.1, 0.15) is 342 Å². The Kier molecular flexibility index (Phi) is 56.7. The van der Waals surface area contributed by atoms with Crippen LogP contribution in [0.2, 0.25) is 0 Å². The molecule has 6 nitrogen and oxygen atoms in total. The molecule has 0 amide bonds. The monoisotopic (exact) mass is 971 g/mol. The molecule has 1 unspecified atom stereocenters. The fourth-order valence-electron chi connectivity index (χ4n) is 9.30. The summed E-state index contributed by atoms with van der Waals surface area (Å²) in [6, 6.07) is 0. The summed E-state index contributed by atoms with van der Waals surface area (Å²) in [5.41, 5.74) is 0. The molecule has 6 heteroatoms. The Morgan fingerprint density at radius 3 is 0.826 bits per heavy atom. The normalized spacial score (nSPS) is 12.1. The zero-order valence-corrected chi connectivity index (χ0v) is 46.6. The Morgan fingerprint density at radius 2 is 0.522 bits per heavy atom. The van der Waals surface area contributed by atoms with E-state index in [-0.39, 0.29) is 31.1 Å². The number of ether oxygens (including phenoxy) is 3. The zero-order valence-electron chi connectivity index (χ0n) is 46.6. The quantitative estimate of drug-likeness (QED) is 0.0261. The summed E-state index contributed by atoms with van der Waals surface area (Å²) in [5.74, 6) is -0.844. The number of hydrogen-bond acceptors (Lipinski definition) is 6. The van der Waals surface area contributed by atoms with Gasteiger partial charge in [-0.15, -0.1) is 0 Å². The average molecular weight is 972 g/mol. The molecule has 0 spiro atoms. The topological polar surface area (TPSA) is 78.9 Å². The summed E-state index contributed by atoms with van der Waals surface area (Å²) in [7, 11) is 0. The maximum absolute atomic E-state index is 12.9. The molecule has 69 heavy (non-hydrogen) atoms. The highest BCUT2D eigenvalue weighted by atomic mass is 16.6. The summed E-state index contributed by atoms with van der Waals surface area (Å²) < 4.78 is 16.9. The van der Waals surface area contributed by atoms with E-state index in [0.717, 1.165) is 64.2 Å². The minimum atomic E-state index is -0.768. The Bertz CT molecular complexity index is 1110. The second-order valence-corrected chi connectivity index (χ2v) is 21.0. The van der Waals surface area contributed by atoms with E-state index in [0.29, 0.717) is 19.3 Å². The van der Waals surface area contributed by atoms with Gasteiger partial charge in [-0.3, -0.25) is 14.4 Å². The molecule has 0 aromatic rings. The number of esters is 3. The maximum Gasteiger partial charge on any atom is 0.306 e. The summed E-state index contributed by atoms with van der Waals surface area (Å²) in [5, 5.41) is 0. The van der Waals surface area contributed by atoms with Crippen molar-refractivity contribution in [1.29, 1.82) is 0 Å². The minimum Gasteiger partial charge on any atom is -0.462 e. The Morgan fingerprint density at radius 1 is 0.290 bits per heavy atom. The maximum atomic E-state index is 12.9. The van der Waals surface area contributed by atoms with Gasteiger partial charge >= 0.3 is 17.9 Å². The molecule has 0 aliphatic heterocycles. The SMILES string of the molecule is CCCCC/C=C\C/C=C\CCCCCCCCCCCC(=O)OCC(COC(=O)CCCCCCCCCCCCCCCCC)OC(=O)CCCCCCCCCCCCCCCCCCC. The Hall–Kier alpha value is -2.11. The van der Waals surface area contributed by atoms with Crippen LogP contribution in [0.5, 0.6) is 0 Å². The van der Waals surface area contributed by atoms with E-state index in [1.807, 2.05) is 0 Å². The average Bonchev–Trinajstić information content (AvgIpc) is 3.35. The summed E-state index contributed by atoms with van der Waals surface area (Å²) in [6.45, 7) is 6.68. The van der Waals surface area contributed by atoms with Crippen molar-refractivity contribution in [3.05, 3.63) is 24.3 Å². The first kappa shape index (κ1) is 66.9. The van der Waals surface area contributed by atoms with Gasteiger partial charge in [0.25, 0.3) is 0 Å². The van der Waals surface area contributed by atoms with Crippen molar-refractivity contribution in [3.63, 3.8) is 0 Å². The molecule has 0 N–H and O–H groups in total. The van der Waals surface area contributed by atoms with Crippen molar-refractivity contribution in [2.24, 2.45) is 0 Å². The van der Waals surface area contributed by atoms with E-state index >= 15 is 0 Å². The number of carbonyl (C=O) groups excluding carboxylic acids is 3. The highest BCUT2D eigenvalue weighted by molar-refractivity contribution is 5.71. The number of rotatable bonds is 57. The van der Waals surface area contributed by atoms with Crippen LogP contribution in [-0.4, -0.2) is 37.2 Å². The first-order valence-corrected chi connectivity index (χ1v) is 30.8. The van der Waals surface area contributed by atoms with E-state index in [2.05, 4.69) is 45.1 Å². The molecular formula is C63H118O6.